The predicted octanol–water partition coefficient (Wildman–Crippen LogP) is -4.11. The first kappa shape index (κ1) is 15.4. The molecule has 0 aliphatic rings. The van der Waals surface area contributed by atoms with E-state index in [9.17, 15) is 9.59 Å². The molecule has 0 aliphatic heterocycles. The Morgan fingerprint density at radius 2 is 1.50 bits per heavy atom. The highest BCUT2D eigenvalue weighted by atomic mass is 16.4. The van der Waals surface area contributed by atoms with Crippen LogP contribution < -0.4 is 0 Å². The van der Waals surface area contributed by atoms with E-state index >= 15 is 0 Å². The molecule has 0 radical (unpaired) electrons. The van der Waals surface area contributed by atoms with Gasteiger partial charge in [-0.3, -0.25) is 0 Å². The first-order chi connectivity index (χ1) is 5.91. The van der Waals surface area contributed by atoms with Gasteiger partial charge in [0, 0.05) is 0 Å². The van der Waals surface area contributed by atoms with E-state index in [2.05, 4.69) is 0 Å². The lowest BCUT2D eigenvalue weighted by Crippen LogP contribution is -2.48. The van der Waals surface area contributed by atoms with E-state index in [-0.39, 0.29) is 11.8 Å². The molecule has 4 atom stereocenters. The van der Waals surface area contributed by atoms with E-state index in [1.165, 1.54) is 0 Å². The van der Waals surface area contributed by atoms with Gasteiger partial charge in [0.2, 0.25) is 0 Å². The van der Waals surface area contributed by atoms with E-state index in [1.54, 1.807) is 0 Å². The fourth-order valence-corrected chi connectivity index (χ4v) is 0.615. The van der Waals surface area contributed by atoms with Crippen molar-refractivity contribution in [2.45, 2.75) is 24.4 Å². The Kier molecular flexibility index (Phi) is 7.05. The van der Waals surface area contributed by atoms with Crippen molar-refractivity contribution in [3.63, 3.8) is 0 Å². The molecule has 8 nitrogen and oxygen atoms in total. The maximum atomic E-state index is 10.1. The summed E-state index contributed by atoms with van der Waals surface area (Å²) in [4.78, 5) is 20.0. The van der Waals surface area contributed by atoms with E-state index < -0.39 is 30.4 Å². The third kappa shape index (κ3) is 3.77. The van der Waals surface area contributed by atoms with Crippen LogP contribution in [0.4, 0.5) is 0 Å². The van der Waals surface area contributed by atoms with Crippen LogP contribution in [0.5, 0.6) is 0 Å². The summed E-state index contributed by atoms with van der Waals surface area (Å²) in [6.07, 6.45) is -8.39. The Morgan fingerprint density at radius 1 is 1.07 bits per heavy atom. The second-order valence-corrected chi connectivity index (χ2v) is 2.39. The van der Waals surface area contributed by atoms with Crippen LogP contribution in [0.25, 0.3) is 0 Å². The second kappa shape index (κ2) is 6.40. The van der Waals surface area contributed by atoms with Gasteiger partial charge in [-0.25, -0.2) is 4.79 Å². The summed E-state index contributed by atoms with van der Waals surface area (Å²) >= 11 is 0. The molecule has 0 fully saturated rings. The summed E-state index contributed by atoms with van der Waals surface area (Å²) in [6.45, 7) is 0. The van der Waals surface area contributed by atoms with Gasteiger partial charge >= 0.3 is 5.97 Å². The lowest BCUT2D eigenvalue weighted by Gasteiger charge is -2.21. The number of hydrogen-bond acceptors (Lipinski definition) is 6. The quantitative estimate of drug-likeness (QED) is 0.288. The standard InChI is InChI=1S/C6H10O7.H2O/c7-1-2(8)3(9)4(10)5(11)6(12)13;/h1-5,8-11H,(H,12,13);1H2/t2-,3-,4+,5+;/m1./s1. The fourth-order valence-electron chi connectivity index (χ4n) is 0.615. The SMILES string of the molecule is O.O=C[C@@H](O)[C@@H](O)[C@H](O)[C@H](O)C(=O)O. The van der Waals surface area contributed by atoms with E-state index in [0.717, 1.165) is 0 Å². The Balaban J connectivity index is 0. The number of hydrogen-bond donors (Lipinski definition) is 5. The molecule has 14 heavy (non-hydrogen) atoms. The Hall–Kier alpha value is -1.06. The normalized spacial score (nSPS) is 18.6. The van der Waals surface area contributed by atoms with E-state index in [4.69, 9.17) is 25.5 Å². The number of aliphatic carboxylic acids is 1. The van der Waals surface area contributed by atoms with Crippen LogP contribution >= 0.6 is 0 Å². The third-order valence-electron chi connectivity index (χ3n) is 1.42. The van der Waals surface area contributed by atoms with Crippen LogP contribution in [0, 0.1) is 0 Å². The first-order valence-electron chi connectivity index (χ1n) is 3.32. The zero-order chi connectivity index (χ0) is 10.6. The fraction of sp³-hybridized carbons (Fsp3) is 0.667. The van der Waals surface area contributed by atoms with Crippen LogP contribution in [-0.4, -0.2) is 67.7 Å². The van der Waals surface area contributed by atoms with E-state index in [1.807, 2.05) is 0 Å². The van der Waals surface area contributed by atoms with Crippen molar-refractivity contribution in [1.82, 2.24) is 0 Å². The van der Waals surface area contributed by atoms with Crippen LogP contribution in [0.2, 0.25) is 0 Å². The highest BCUT2D eigenvalue weighted by molar-refractivity contribution is 5.73. The predicted molar refractivity (Wildman–Crippen MR) is 41.3 cm³/mol. The molecule has 0 saturated heterocycles. The zero-order valence-corrected chi connectivity index (χ0v) is 6.94. The minimum Gasteiger partial charge on any atom is -0.479 e. The molecule has 0 heterocycles. The summed E-state index contributed by atoms with van der Waals surface area (Å²) < 4.78 is 0. The van der Waals surface area contributed by atoms with Crippen molar-refractivity contribution < 1.29 is 40.6 Å². The van der Waals surface area contributed by atoms with Gasteiger partial charge in [-0.15, -0.1) is 0 Å². The molecule has 7 N–H and O–H groups in total. The van der Waals surface area contributed by atoms with Gasteiger partial charge in [-0.1, -0.05) is 0 Å². The second-order valence-electron chi connectivity index (χ2n) is 2.39. The summed E-state index contributed by atoms with van der Waals surface area (Å²) in [7, 11) is 0. The van der Waals surface area contributed by atoms with E-state index in [0.29, 0.717) is 0 Å². The highest BCUT2D eigenvalue weighted by Crippen LogP contribution is 2.03. The first-order valence-corrected chi connectivity index (χ1v) is 3.32. The Morgan fingerprint density at radius 3 is 1.79 bits per heavy atom. The number of carbonyl (C=O) groups excluding carboxylic acids is 1. The minimum atomic E-state index is -2.25. The molecule has 0 bridgehead atoms. The van der Waals surface area contributed by atoms with Crippen molar-refractivity contribution in [1.29, 1.82) is 0 Å². The molecular weight excluding hydrogens is 200 g/mol. The molecule has 0 spiro atoms. The molecule has 0 aromatic heterocycles. The molecule has 0 unspecified atom stereocenters. The van der Waals surface area contributed by atoms with Gasteiger partial charge < -0.3 is 35.8 Å². The number of carboxylic acids is 1. The number of aldehydes is 1. The van der Waals surface area contributed by atoms with Gasteiger partial charge in [0.1, 0.15) is 18.3 Å². The number of aliphatic hydroxyl groups is 4. The largest absolute Gasteiger partial charge is 0.479 e. The van der Waals surface area contributed by atoms with Crippen LogP contribution in [0.3, 0.4) is 0 Å². The maximum Gasteiger partial charge on any atom is 0.335 e. The van der Waals surface area contributed by atoms with Crippen LogP contribution in [0.1, 0.15) is 0 Å². The van der Waals surface area contributed by atoms with Crippen LogP contribution in [-0.2, 0) is 9.59 Å². The zero-order valence-electron chi connectivity index (χ0n) is 6.94. The summed E-state index contributed by atoms with van der Waals surface area (Å²) in [6, 6.07) is 0. The molecule has 84 valence electrons. The van der Waals surface area contributed by atoms with Crippen LogP contribution in [0.15, 0.2) is 0 Å². The molecular formula is C6H12O8. The van der Waals surface area contributed by atoms with Gasteiger partial charge in [0.05, 0.1) is 0 Å². The molecule has 0 amide bonds. The van der Waals surface area contributed by atoms with Gasteiger partial charge in [0.15, 0.2) is 12.4 Å². The van der Waals surface area contributed by atoms with Crippen molar-refractivity contribution in [2.24, 2.45) is 0 Å². The summed E-state index contributed by atoms with van der Waals surface area (Å²) in [5, 5.41) is 43.2. The Bertz CT molecular complexity index is 192. The molecule has 0 aromatic carbocycles. The lowest BCUT2D eigenvalue weighted by atomic mass is 10.0. The average Bonchev–Trinajstić information content (AvgIpc) is 2.12. The van der Waals surface area contributed by atoms with Crippen molar-refractivity contribution >= 4 is 12.3 Å². The topological polar surface area (TPSA) is 167 Å². The lowest BCUT2D eigenvalue weighted by molar-refractivity contribution is -0.163. The third-order valence-corrected chi connectivity index (χ3v) is 1.42. The monoisotopic (exact) mass is 212 g/mol. The number of aliphatic hydroxyl groups excluding tert-OH is 4. The summed E-state index contributed by atoms with van der Waals surface area (Å²) in [5.41, 5.74) is 0. The van der Waals surface area contributed by atoms with Gasteiger partial charge in [0.25, 0.3) is 0 Å². The number of carboxylic acid groups (broad SMARTS) is 1. The smallest absolute Gasteiger partial charge is 0.335 e. The van der Waals surface area contributed by atoms with Gasteiger partial charge in [-0.2, -0.15) is 0 Å². The van der Waals surface area contributed by atoms with Gasteiger partial charge in [-0.05, 0) is 0 Å². The number of rotatable bonds is 5. The molecule has 0 rings (SSSR count). The van der Waals surface area contributed by atoms with Crippen molar-refractivity contribution in [2.75, 3.05) is 0 Å². The Labute approximate surface area is 78.3 Å². The summed E-state index contributed by atoms with van der Waals surface area (Å²) in [5.74, 6) is -1.76. The minimum absolute atomic E-state index is 0. The molecule has 0 saturated carbocycles. The molecule has 0 aromatic rings. The maximum absolute atomic E-state index is 10.1. The highest BCUT2D eigenvalue weighted by Gasteiger charge is 2.33. The average molecular weight is 212 g/mol. The van der Waals surface area contributed by atoms with Crippen molar-refractivity contribution in [3.8, 4) is 0 Å². The molecule has 8 heteroatoms. The molecule has 0 aliphatic carbocycles. The van der Waals surface area contributed by atoms with Crippen molar-refractivity contribution in [3.05, 3.63) is 0 Å². The number of carbonyl (C=O) groups is 2.